The Hall–Kier alpha value is -3.72. The molecule has 9 heteroatoms. The molecule has 0 aliphatic carbocycles. The first-order valence-electron chi connectivity index (χ1n) is 14.2. The average molecular weight is 545 g/mol. The lowest BCUT2D eigenvalue weighted by Gasteiger charge is -2.38. The molecule has 2 aromatic carbocycles. The summed E-state index contributed by atoms with van der Waals surface area (Å²) in [6.45, 7) is 11.5. The van der Waals surface area contributed by atoms with Gasteiger partial charge in [-0.2, -0.15) is 9.97 Å². The molecule has 4 heterocycles. The number of aryl methyl sites for hydroxylation is 1. The minimum absolute atomic E-state index is 0.412. The van der Waals surface area contributed by atoms with Crippen molar-refractivity contribution < 1.29 is 13.9 Å². The van der Waals surface area contributed by atoms with Gasteiger partial charge in [0.1, 0.15) is 5.82 Å². The van der Waals surface area contributed by atoms with Crippen LogP contribution in [0.2, 0.25) is 0 Å². The first-order chi connectivity index (χ1) is 19.4. The van der Waals surface area contributed by atoms with Crippen molar-refractivity contribution in [3.63, 3.8) is 0 Å². The predicted octanol–water partition coefficient (Wildman–Crippen LogP) is 3.96. The number of carbonyl (C=O) groups is 1. The molecule has 1 atom stereocenters. The van der Waals surface area contributed by atoms with E-state index >= 15 is 0 Å². The van der Waals surface area contributed by atoms with Gasteiger partial charge < -0.3 is 24.3 Å². The smallest absolute Gasteiger partial charge is 0.318 e. The van der Waals surface area contributed by atoms with E-state index in [1.54, 1.807) is 0 Å². The topological polar surface area (TPSA) is 65.0 Å². The van der Waals surface area contributed by atoms with E-state index in [1.807, 2.05) is 0 Å². The average Bonchev–Trinajstić information content (AvgIpc) is 3.39. The number of carbonyl (C=O) groups excluding carboxylic acids is 1. The monoisotopic (exact) mass is 544 g/mol. The number of likely N-dealkylation sites (tertiary alicyclic amines) is 1. The summed E-state index contributed by atoms with van der Waals surface area (Å²) in [6.07, 6.45) is 1.92. The van der Waals surface area contributed by atoms with E-state index in [9.17, 15) is 9.18 Å². The first-order valence-corrected chi connectivity index (χ1v) is 14.2. The van der Waals surface area contributed by atoms with Crippen LogP contribution in [-0.2, 0) is 17.8 Å². The third-order valence-corrected chi connectivity index (χ3v) is 8.49. The van der Waals surface area contributed by atoms with Gasteiger partial charge in [-0.15, -0.1) is 0 Å². The Morgan fingerprint density at radius 2 is 1.82 bits per heavy atom. The van der Waals surface area contributed by atoms with Gasteiger partial charge in [0.15, 0.2) is 5.83 Å². The molecule has 0 bridgehead atoms. The van der Waals surface area contributed by atoms with Crippen LogP contribution in [0.4, 0.5) is 15.9 Å². The van der Waals surface area contributed by atoms with Crippen LogP contribution in [0, 0.1) is 12.8 Å². The van der Waals surface area contributed by atoms with Crippen LogP contribution in [-0.4, -0.2) is 85.1 Å². The summed E-state index contributed by atoms with van der Waals surface area (Å²) in [4.78, 5) is 30.4. The second kappa shape index (κ2) is 11.0. The van der Waals surface area contributed by atoms with Crippen molar-refractivity contribution in [2.24, 2.45) is 5.92 Å². The Morgan fingerprint density at radius 3 is 2.55 bits per heavy atom. The van der Waals surface area contributed by atoms with Gasteiger partial charge in [-0.25, -0.2) is 4.39 Å². The number of benzene rings is 2. The molecule has 2 fully saturated rings. The van der Waals surface area contributed by atoms with Gasteiger partial charge in [0, 0.05) is 61.8 Å². The van der Waals surface area contributed by atoms with Crippen molar-refractivity contribution in [1.82, 2.24) is 19.8 Å². The van der Waals surface area contributed by atoms with Gasteiger partial charge in [-0.1, -0.05) is 36.9 Å². The second-order valence-corrected chi connectivity index (χ2v) is 11.3. The maximum Gasteiger partial charge on any atom is 0.318 e. The van der Waals surface area contributed by atoms with Crippen molar-refractivity contribution in [2.45, 2.75) is 26.3 Å². The maximum absolute atomic E-state index is 13.5. The fourth-order valence-corrected chi connectivity index (χ4v) is 6.34. The number of aromatic nitrogens is 2. The standard InChI is InChI=1S/C31H37FN6O2/c1-21-6-4-7-24-8-5-9-27(28(21)24)38-13-11-25-26(19-38)33-31(40-20-23-10-12-35(3)18-23)34-29(25)36-14-16-37(17-15-36)30(39)22(2)32/h4-9,23H,2,10-20H2,1,3H3/t23-/m1/s1. The molecule has 0 unspecified atom stereocenters. The summed E-state index contributed by atoms with van der Waals surface area (Å²) in [5, 5.41) is 2.51. The SMILES string of the molecule is C=C(F)C(=O)N1CCN(c2nc(OC[C@@H]3CCN(C)C3)nc3c2CCN(c2cccc4cccc(C)c24)C3)CC1. The first kappa shape index (κ1) is 26.5. The molecule has 3 aliphatic heterocycles. The van der Waals surface area contributed by atoms with Crippen LogP contribution < -0.4 is 14.5 Å². The molecule has 2 saturated heterocycles. The summed E-state index contributed by atoms with van der Waals surface area (Å²) >= 11 is 0. The number of piperazine rings is 1. The molecule has 0 N–H and O–H groups in total. The van der Waals surface area contributed by atoms with Crippen molar-refractivity contribution in [3.8, 4) is 6.01 Å². The number of hydrogen-bond donors (Lipinski definition) is 0. The quantitative estimate of drug-likeness (QED) is 0.435. The second-order valence-electron chi connectivity index (χ2n) is 11.3. The number of hydrogen-bond acceptors (Lipinski definition) is 7. The molecular weight excluding hydrogens is 507 g/mol. The van der Waals surface area contributed by atoms with Crippen molar-refractivity contribution in [2.75, 3.05) is 69.3 Å². The molecule has 0 radical (unpaired) electrons. The maximum atomic E-state index is 13.5. The number of fused-ring (bicyclic) bond motifs is 2. The summed E-state index contributed by atoms with van der Waals surface area (Å²) in [5.74, 6) is -0.198. The fraction of sp³-hybridized carbons (Fsp3) is 0.452. The van der Waals surface area contributed by atoms with Crippen molar-refractivity contribution in [1.29, 1.82) is 0 Å². The third-order valence-electron chi connectivity index (χ3n) is 8.49. The van der Waals surface area contributed by atoms with Gasteiger partial charge in [-0.3, -0.25) is 4.79 Å². The van der Waals surface area contributed by atoms with Crippen molar-refractivity contribution in [3.05, 3.63) is 65.6 Å². The van der Waals surface area contributed by atoms with Crippen LogP contribution in [0.25, 0.3) is 10.8 Å². The zero-order chi connectivity index (χ0) is 27.8. The normalized spacial score (nSPS) is 19.7. The fourth-order valence-electron chi connectivity index (χ4n) is 6.34. The van der Waals surface area contributed by atoms with E-state index < -0.39 is 11.7 Å². The summed E-state index contributed by atoms with van der Waals surface area (Å²) in [6, 6.07) is 13.3. The summed E-state index contributed by atoms with van der Waals surface area (Å²) in [5.41, 5.74) is 4.60. The highest BCUT2D eigenvalue weighted by Crippen LogP contribution is 2.35. The van der Waals surface area contributed by atoms with Gasteiger partial charge in [0.05, 0.1) is 18.8 Å². The predicted molar refractivity (Wildman–Crippen MR) is 156 cm³/mol. The molecule has 3 aliphatic rings. The number of anilines is 2. The molecule has 40 heavy (non-hydrogen) atoms. The van der Waals surface area contributed by atoms with E-state index in [-0.39, 0.29) is 0 Å². The van der Waals surface area contributed by atoms with E-state index in [1.165, 1.54) is 26.9 Å². The molecule has 0 spiro atoms. The highest BCUT2D eigenvalue weighted by molar-refractivity contribution is 5.97. The summed E-state index contributed by atoms with van der Waals surface area (Å²) in [7, 11) is 2.14. The van der Waals surface area contributed by atoms with Crippen LogP contribution in [0.15, 0.2) is 48.8 Å². The van der Waals surface area contributed by atoms with E-state index in [2.05, 4.69) is 71.6 Å². The minimum atomic E-state index is -0.912. The number of nitrogens with zero attached hydrogens (tertiary/aromatic N) is 6. The Labute approximate surface area is 235 Å². The molecule has 8 nitrogen and oxygen atoms in total. The molecule has 210 valence electrons. The van der Waals surface area contributed by atoms with Crippen LogP contribution in [0.3, 0.4) is 0 Å². The van der Waals surface area contributed by atoms with Crippen LogP contribution in [0.1, 0.15) is 23.2 Å². The third kappa shape index (κ3) is 5.22. The molecule has 1 amide bonds. The summed E-state index contributed by atoms with van der Waals surface area (Å²) < 4.78 is 19.7. The minimum Gasteiger partial charge on any atom is -0.463 e. The number of ether oxygens (including phenoxy) is 1. The van der Waals surface area contributed by atoms with Gasteiger partial charge in [0.25, 0.3) is 5.91 Å². The molecule has 1 aromatic heterocycles. The number of halogens is 1. The Bertz CT molecular complexity index is 1430. The Kier molecular flexibility index (Phi) is 7.31. The highest BCUT2D eigenvalue weighted by Gasteiger charge is 2.30. The zero-order valence-electron chi connectivity index (χ0n) is 23.4. The van der Waals surface area contributed by atoms with Gasteiger partial charge in [-0.05, 0) is 50.4 Å². The van der Waals surface area contributed by atoms with Crippen LogP contribution >= 0.6 is 0 Å². The number of amides is 1. The Balaban J connectivity index is 1.29. The van der Waals surface area contributed by atoms with Crippen molar-refractivity contribution >= 4 is 28.2 Å². The number of rotatable bonds is 6. The van der Waals surface area contributed by atoms with E-state index in [0.29, 0.717) is 51.3 Å². The van der Waals surface area contributed by atoms with E-state index in [4.69, 9.17) is 14.7 Å². The Morgan fingerprint density at radius 1 is 1.05 bits per heavy atom. The van der Waals surface area contributed by atoms with Gasteiger partial charge in [0.2, 0.25) is 0 Å². The lowest BCUT2D eigenvalue weighted by atomic mass is 9.99. The van der Waals surface area contributed by atoms with Gasteiger partial charge >= 0.3 is 6.01 Å². The van der Waals surface area contributed by atoms with Crippen LogP contribution in [0.5, 0.6) is 6.01 Å². The lowest BCUT2D eigenvalue weighted by molar-refractivity contribution is -0.128. The molecular formula is C31H37FN6O2. The highest BCUT2D eigenvalue weighted by atomic mass is 19.1. The lowest BCUT2D eigenvalue weighted by Crippen LogP contribution is -2.49. The molecule has 3 aromatic rings. The zero-order valence-corrected chi connectivity index (χ0v) is 23.4. The van der Waals surface area contributed by atoms with E-state index in [0.717, 1.165) is 49.6 Å². The molecule has 0 saturated carbocycles. The molecule has 6 rings (SSSR count). The largest absolute Gasteiger partial charge is 0.463 e.